The van der Waals surface area contributed by atoms with E-state index in [1.54, 1.807) is 0 Å². The first-order chi connectivity index (χ1) is 10.6. The highest BCUT2D eigenvalue weighted by molar-refractivity contribution is 5.83. The first-order valence-corrected chi connectivity index (χ1v) is 7.57. The zero-order chi connectivity index (χ0) is 15.5. The molecule has 0 radical (unpaired) electrons. The molecule has 0 amide bonds. The van der Waals surface area contributed by atoms with Crippen LogP contribution in [0.4, 0.5) is 0 Å². The van der Waals surface area contributed by atoms with E-state index in [0.717, 1.165) is 11.3 Å². The number of ether oxygens (including phenoxy) is 1. The third-order valence-corrected chi connectivity index (χ3v) is 3.83. The zero-order valence-corrected chi connectivity index (χ0v) is 13.0. The van der Waals surface area contributed by atoms with Crippen LogP contribution in [0.1, 0.15) is 22.7 Å². The molecule has 0 saturated heterocycles. The van der Waals surface area contributed by atoms with Crippen LogP contribution in [0.3, 0.4) is 0 Å². The van der Waals surface area contributed by atoms with Gasteiger partial charge in [0.15, 0.2) is 0 Å². The van der Waals surface area contributed by atoms with E-state index in [2.05, 4.69) is 50.2 Å². The van der Waals surface area contributed by atoms with Gasteiger partial charge in [0.25, 0.3) is 0 Å². The number of hydrogen-bond donors (Lipinski definition) is 1. The number of aryl methyl sites for hydroxylation is 2. The Kier molecular flexibility index (Phi) is 4.12. The van der Waals surface area contributed by atoms with Crippen LogP contribution in [0.5, 0.6) is 5.75 Å². The first-order valence-electron chi connectivity index (χ1n) is 7.57. The summed E-state index contributed by atoms with van der Waals surface area (Å²) >= 11 is 0. The molecule has 3 rings (SSSR count). The lowest BCUT2D eigenvalue weighted by Crippen LogP contribution is -2.19. The van der Waals surface area contributed by atoms with E-state index in [1.165, 1.54) is 21.9 Å². The fraction of sp³-hybridized carbons (Fsp3) is 0.200. The molecule has 0 saturated carbocycles. The molecule has 2 heteroatoms. The maximum atomic E-state index is 6.28. The normalized spacial score (nSPS) is 12.3. The molecule has 0 bridgehead atoms. The van der Waals surface area contributed by atoms with Crippen LogP contribution in [0.2, 0.25) is 0 Å². The SMILES string of the molecule is Cc1cc(C)cc(OCC(N)c2ccc3ccccc3c2)c1. The van der Waals surface area contributed by atoms with Gasteiger partial charge in [0.05, 0.1) is 6.04 Å². The van der Waals surface area contributed by atoms with Gasteiger partial charge in [-0.25, -0.2) is 0 Å². The van der Waals surface area contributed by atoms with Crippen molar-refractivity contribution in [1.29, 1.82) is 0 Å². The zero-order valence-electron chi connectivity index (χ0n) is 13.0. The van der Waals surface area contributed by atoms with E-state index in [1.807, 2.05) is 24.3 Å². The maximum absolute atomic E-state index is 6.28. The fourth-order valence-corrected chi connectivity index (χ4v) is 2.74. The molecular formula is C20H21NO. The molecule has 22 heavy (non-hydrogen) atoms. The summed E-state index contributed by atoms with van der Waals surface area (Å²) in [6.07, 6.45) is 0. The number of rotatable bonds is 4. The summed E-state index contributed by atoms with van der Waals surface area (Å²) in [5.74, 6) is 0.883. The lowest BCUT2D eigenvalue weighted by Gasteiger charge is -2.15. The molecule has 0 aliphatic heterocycles. The lowest BCUT2D eigenvalue weighted by atomic mass is 10.0. The average Bonchev–Trinajstić information content (AvgIpc) is 2.51. The van der Waals surface area contributed by atoms with Crippen molar-refractivity contribution in [2.75, 3.05) is 6.61 Å². The Labute approximate surface area is 131 Å². The summed E-state index contributed by atoms with van der Waals surface area (Å²) < 4.78 is 5.87. The van der Waals surface area contributed by atoms with Crippen LogP contribution in [-0.4, -0.2) is 6.61 Å². The molecule has 0 spiro atoms. The second-order valence-corrected chi connectivity index (χ2v) is 5.85. The van der Waals surface area contributed by atoms with Crippen molar-refractivity contribution in [3.63, 3.8) is 0 Å². The predicted molar refractivity (Wildman–Crippen MR) is 92.3 cm³/mol. The topological polar surface area (TPSA) is 35.2 Å². The van der Waals surface area contributed by atoms with Gasteiger partial charge in [-0.3, -0.25) is 0 Å². The van der Waals surface area contributed by atoms with Crippen LogP contribution in [-0.2, 0) is 0 Å². The summed E-state index contributed by atoms with van der Waals surface area (Å²) in [5, 5.41) is 2.44. The number of fused-ring (bicyclic) bond motifs is 1. The highest BCUT2D eigenvalue weighted by atomic mass is 16.5. The highest BCUT2D eigenvalue weighted by Gasteiger charge is 2.08. The summed E-state index contributed by atoms with van der Waals surface area (Å²) in [6, 6.07) is 20.7. The predicted octanol–water partition coefficient (Wildman–Crippen LogP) is 4.54. The molecule has 0 heterocycles. The number of nitrogens with two attached hydrogens (primary N) is 1. The third-order valence-electron chi connectivity index (χ3n) is 3.83. The summed E-state index contributed by atoms with van der Waals surface area (Å²) in [7, 11) is 0. The minimum atomic E-state index is -0.134. The second kappa shape index (κ2) is 6.20. The van der Waals surface area contributed by atoms with Crippen LogP contribution < -0.4 is 10.5 Å². The number of benzene rings is 3. The molecule has 0 aliphatic carbocycles. The minimum Gasteiger partial charge on any atom is -0.492 e. The van der Waals surface area contributed by atoms with Crippen molar-refractivity contribution in [3.05, 3.63) is 77.4 Å². The van der Waals surface area contributed by atoms with Gasteiger partial charge < -0.3 is 10.5 Å². The minimum absolute atomic E-state index is 0.134. The Bertz CT molecular complexity index is 774. The van der Waals surface area contributed by atoms with Crippen molar-refractivity contribution in [1.82, 2.24) is 0 Å². The van der Waals surface area contributed by atoms with E-state index >= 15 is 0 Å². The first kappa shape index (κ1) is 14.6. The van der Waals surface area contributed by atoms with E-state index in [9.17, 15) is 0 Å². The standard InChI is InChI=1S/C20H21NO/c1-14-9-15(2)11-19(10-14)22-13-20(21)18-8-7-16-5-3-4-6-17(16)12-18/h3-12,20H,13,21H2,1-2H3. The number of hydrogen-bond acceptors (Lipinski definition) is 2. The van der Waals surface area contributed by atoms with E-state index in [4.69, 9.17) is 10.5 Å². The Balaban J connectivity index is 1.73. The van der Waals surface area contributed by atoms with Crippen molar-refractivity contribution in [2.24, 2.45) is 5.73 Å². The molecule has 0 aromatic heterocycles. The van der Waals surface area contributed by atoms with Crippen molar-refractivity contribution >= 4 is 10.8 Å². The molecule has 3 aromatic rings. The average molecular weight is 291 g/mol. The van der Waals surface area contributed by atoms with Crippen LogP contribution in [0, 0.1) is 13.8 Å². The van der Waals surface area contributed by atoms with Gasteiger partial charge in [-0.2, -0.15) is 0 Å². The molecule has 0 fully saturated rings. The van der Waals surface area contributed by atoms with E-state index in [0.29, 0.717) is 6.61 Å². The van der Waals surface area contributed by atoms with Gasteiger partial charge in [0.2, 0.25) is 0 Å². The lowest BCUT2D eigenvalue weighted by molar-refractivity contribution is 0.290. The van der Waals surface area contributed by atoms with E-state index < -0.39 is 0 Å². The molecule has 3 aromatic carbocycles. The van der Waals surface area contributed by atoms with Crippen LogP contribution in [0.15, 0.2) is 60.7 Å². The van der Waals surface area contributed by atoms with Crippen LogP contribution >= 0.6 is 0 Å². The third kappa shape index (κ3) is 3.29. The van der Waals surface area contributed by atoms with Gasteiger partial charge in [0.1, 0.15) is 12.4 Å². The van der Waals surface area contributed by atoms with E-state index in [-0.39, 0.29) is 6.04 Å². The quantitative estimate of drug-likeness (QED) is 0.766. The largest absolute Gasteiger partial charge is 0.492 e. The molecule has 1 unspecified atom stereocenters. The monoisotopic (exact) mass is 291 g/mol. The molecular weight excluding hydrogens is 270 g/mol. The summed E-state index contributed by atoms with van der Waals surface area (Å²) in [6.45, 7) is 4.62. The molecule has 0 aliphatic rings. The fourth-order valence-electron chi connectivity index (χ4n) is 2.74. The second-order valence-electron chi connectivity index (χ2n) is 5.85. The summed E-state index contributed by atoms with van der Waals surface area (Å²) in [4.78, 5) is 0. The Morgan fingerprint density at radius 1 is 0.864 bits per heavy atom. The van der Waals surface area contributed by atoms with Crippen molar-refractivity contribution in [3.8, 4) is 5.75 Å². The molecule has 112 valence electrons. The van der Waals surface area contributed by atoms with Gasteiger partial charge in [0, 0.05) is 0 Å². The smallest absolute Gasteiger partial charge is 0.119 e. The van der Waals surface area contributed by atoms with Gasteiger partial charge in [-0.15, -0.1) is 0 Å². The molecule has 1 atom stereocenters. The highest BCUT2D eigenvalue weighted by Crippen LogP contribution is 2.21. The Morgan fingerprint density at radius 2 is 1.55 bits per heavy atom. The van der Waals surface area contributed by atoms with Gasteiger partial charge in [-0.1, -0.05) is 42.5 Å². The summed E-state index contributed by atoms with van der Waals surface area (Å²) in [5.41, 5.74) is 9.79. The Hall–Kier alpha value is -2.32. The van der Waals surface area contributed by atoms with Gasteiger partial charge in [-0.05, 0) is 59.5 Å². The van der Waals surface area contributed by atoms with Gasteiger partial charge >= 0.3 is 0 Å². The van der Waals surface area contributed by atoms with Crippen LogP contribution in [0.25, 0.3) is 10.8 Å². The van der Waals surface area contributed by atoms with Crippen molar-refractivity contribution in [2.45, 2.75) is 19.9 Å². The Morgan fingerprint density at radius 3 is 2.27 bits per heavy atom. The molecule has 2 nitrogen and oxygen atoms in total. The molecule has 2 N–H and O–H groups in total. The van der Waals surface area contributed by atoms with Crippen molar-refractivity contribution < 1.29 is 4.74 Å². The maximum Gasteiger partial charge on any atom is 0.119 e.